The zero-order chi connectivity index (χ0) is 19.9. The second kappa shape index (κ2) is 9.62. The summed E-state index contributed by atoms with van der Waals surface area (Å²) >= 11 is 6.08. The summed E-state index contributed by atoms with van der Waals surface area (Å²) < 4.78 is 30.3. The van der Waals surface area contributed by atoms with Crippen LogP contribution in [0.15, 0.2) is 48.5 Å². The van der Waals surface area contributed by atoms with Crippen LogP contribution in [0, 0.1) is 0 Å². The number of ether oxygens (including phenoxy) is 1. The molecule has 0 aliphatic heterocycles. The minimum Gasteiger partial charge on any atom is -0.497 e. The lowest BCUT2D eigenvalue weighted by Crippen LogP contribution is -2.40. The van der Waals surface area contributed by atoms with Gasteiger partial charge in [-0.1, -0.05) is 35.9 Å². The first kappa shape index (κ1) is 21.1. The van der Waals surface area contributed by atoms with Crippen molar-refractivity contribution in [3.63, 3.8) is 0 Å². The van der Waals surface area contributed by atoms with Crippen molar-refractivity contribution in [2.75, 3.05) is 30.8 Å². The number of hydrogen-bond acceptors (Lipinski definition) is 4. The van der Waals surface area contributed by atoms with Gasteiger partial charge in [-0.25, -0.2) is 8.42 Å². The summed E-state index contributed by atoms with van der Waals surface area (Å²) in [6.07, 6.45) is 2.58. The van der Waals surface area contributed by atoms with Crippen LogP contribution in [-0.4, -0.2) is 40.8 Å². The van der Waals surface area contributed by atoms with E-state index >= 15 is 0 Å². The Kier molecular flexibility index (Phi) is 7.50. The van der Waals surface area contributed by atoms with Crippen molar-refractivity contribution in [2.45, 2.75) is 12.8 Å². The summed E-state index contributed by atoms with van der Waals surface area (Å²) in [4.78, 5) is 12.2. The maximum absolute atomic E-state index is 12.2. The maximum Gasteiger partial charge on any atom is 0.240 e. The van der Waals surface area contributed by atoms with Crippen LogP contribution in [0.5, 0.6) is 5.75 Å². The van der Waals surface area contributed by atoms with Gasteiger partial charge in [0.15, 0.2) is 0 Å². The average molecular weight is 411 g/mol. The molecule has 27 heavy (non-hydrogen) atoms. The molecule has 0 aromatic heterocycles. The molecular weight excluding hydrogens is 388 g/mol. The Hall–Kier alpha value is -2.25. The number of para-hydroxylation sites is 1. The number of sulfonamides is 1. The number of amides is 1. The quantitative estimate of drug-likeness (QED) is 0.645. The molecule has 146 valence electrons. The number of anilines is 1. The molecule has 0 aliphatic carbocycles. The number of rotatable bonds is 9. The number of benzene rings is 2. The highest BCUT2D eigenvalue weighted by atomic mass is 35.5. The largest absolute Gasteiger partial charge is 0.497 e. The number of aryl methyl sites for hydroxylation is 1. The Morgan fingerprint density at radius 3 is 2.41 bits per heavy atom. The van der Waals surface area contributed by atoms with E-state index in [0.717, 1.165) is 34.7 Å². The van der Waals surface area contributed by atoms with E-state index in [1.54, 1.807) is 31.4 Å². The number of halogens is 1. The van der Waals surface area contributed by atoms with Gasteiger partial charge in [0.05, 0.1) is 24.1 Å². The van der Waals surface area contributed by atoms with E-state index < -0.39 is 10.0 Å². The molecule has 0 heterocycles. The lowest BCUT2D eigenvalue weighted by molar-refractivity contribution is -0.119. The monoisotopic (exact) mass is 410 g/mol. The third-order valence-corrected chi connectivity index (χ3v) is 5.38. The van der Waals surface area contributed by atoms with Crippen molar-refractivity contribution >= 4 is 33.2 Å². The normalized spacial score (nSPS) is 11.1. The molecule has 2 rings (SSSR count). The third-order valence-electron chi connectivity index (χ3n) is 3.93. The van der Waals surface area contributed by atoms with Crippen LogP contribution in [0.25, 0.3) is 0 Å². The number of nitrogens with one attached hydrogen (secondary N) is 1. The Bertz CT molecular complexity index is 870. The fourth-order valence-corrected chi connectivity index (χ4v) is 3.69. The fraction of sp³-hybridized carbons (Fsp3) is 0.316. The first-order valence-electron chi connectivity index (χ1n) is 8.43. The molecule has 0 aliphatic rings. The van der Waals surface area contributed by atoms with Crippen LogP contribution < -0.4 is 14.4 Å². The number of carbonyl (C=O) groups excluding carboxylic acids is 1. The zero-order valence-corrected chi connectivity index (χ0v) is 16.9. The molecule has 2 aromatic carbocycles. The maximum atomic E-state index is 12.2. The summed E-state index contributed by atoms with van der Waals surface area (Å²) in [5.74, 6) is 0.419. The predicted octanol–water partition coefficient (Wildman–Crippen LogP) is 2.86. The molecule has 0 fully saturated rings. The van der Waals surface area contributed by atoms with E-state index in [1.807, 2.05) is 24.3 Å². The van der Waals surface area contributed by atoms with Gasteiger partial charge in [0, 0.05) is 6.54 Å². The molecular formula is C19H23ClN2O4S. The van der Waals surface area contributed by atoms with Gasteiger partial charge in [0.1, 0.15) is 12.3 Å². The third kappa shape index (κ3) is 6.45. The van der Waals surface area contributed by atoms with Crippen molar-refractivity contribution < 1.29 is 17.9 Å². The van der Waals surface area contributed by atoms with E-state index in [-0.39, 0.29) is 23.2 Å². The van der Waals surface area contributed by atoms with Crippen molar-refractivity contribution in [1.29, 1.82) is 0 Å². The van der Waals surface area contributed by atoms with Crippen LogP contribution >= 0.6 is 11.6 Å². The Balaban J connectivity index is 1.88. The van der Waals surface area contributed by atoms with Crippen molar-refractivity contribution in [3.8, 4) is 5.75 Å². The molecule has 0 atom stereocenters. The topological polar surface area (TPSA) is 75.7 Å². The van der Waals surface area contributed by atoms with Gasteiger partial charge >= 0.3 is 0 Å². The molecule has 0 unspecified atom stereocenters. The van der Waals surface area contributed by atoms with Gasteiger partial charge in [0.25, 0.3) is 0 Å². The Morgan fingerprint density at radius 1 is 1.15 bits per heavy atom. The molecule has 6 nitrogen and oxygen atoms in total. The smallest absolute Gasteiger partial charge is 0.240 e. The van der Waals surface area contributed by atoms with Crippen LogP contribution in [0.2, 0.25) is 5.02 Å². The molecule has 0 saturated carbocycles. The van der Waals surface area contributed by atoms with E-state index in [9.17, 15) is 13.2 Å². The van der Waals surface area contributed by atoms with Gasteiger partial charge in [-0.2, -0.15) is 0 Å². The molecule has 0 spiro atoms. The first-order chi connectivity index (χ1) is 12.8. The number of hydrogen-bond donors (Lipinski definition) is 1. The van der Waals surface area contributed by atoms with E-state index in [2.05, 4.69) is 5.32 Å². The number of carbonyl (C=O) groups is 1. The van der Waals surface area contributed by atoms with Crippen molar-refractivity contribution in [2.24, 2.45) is 0 Å². The molecule has 1 amide bonds. The summed E-state index contributed by atoms with van der Waals surface area (Å²) in [7, 11) is -2.02. The van der Waals surface area contributed by atoms with Crippen molar-refractivity contribution in [3.05, 3.63) is 59.1 Å². The van der Waals surface area contributed by atoms with Crippen LogP contribution in [0.1, 0.15) is 12.0 Å². The van der Waals surface area contributed by atoms with Crippen LogP contribution in [-0.2, 0) is 21.2 Å². The minimum absolute atomic E-state index is 0.273. The second-order valence-corrected chi connectivity index (χ2v) is 8.34. The molecule has 0 saturated heterocycles. The fourth-order valence-electron chi connectivity index (χ4n) is 2.53. The van der Waals surface area contributed by atoms with E-state index in [1.165, 1.54) is 0 Å². The van der Waals surface area contributed by atoms with Gasteiger partial charge < -0.3 is 10.1 Å². The number of nitrogens with zero attached hydrogens (tertiary/aromatic N) is 1. The lowest BCUT2D eigenvalue weighted by atomic mass is 10.1. The van der Waals surface area contributed by atoms with Crippen molar-refractivity contribution in [1.82, 2.24) is 5.32 Å². The summed E-state index contributed by atoms with van der Waals surface area (Å²) in [5.41, 5.74) is 1.42. The Morgan fingerprint density at radius 2 is 1.81 bits per heavy atom. The lowest BCUT2D eigenvalue weighted by Gasteiger charge is -2.22. The molecule has 1 N–H and O–H groups in total. The zero-order valence-electron chi connectivity index (χ0n) is 15.3. The highest BCUT2D eigenvalue weighted by Gasteiger charge is 2.22. The second-order valence-electron chi connectivity index (χ2n) is 6.02. The van der Waals surface area contributed by atoms with Gasteiger partial charge in [-0.3, -0.25) is 9.10 Å². The summed E-state index contributed by atoms with van der Waals surface area (Å²) in [6.45, 7) is 0.135. The molecule has 8 heteroatoms. The molecule has 2 aromatic rings. The van der Waals surface area contributed by atoms with E-state index in [4.69, 9.17) is 16.3 Å². The minimum atomic E-state index is -3.64. The standard InChI is InChI=1S/C19H23ClN2O4S/c1-26-16-11-9-15(10-12-16)6-5-13-21-19(23)14-22(27(2,24)25)18-8-4-3-7-17(18)20/h3-4,7-12H,5-6,13-14H2,1-2H3,(H,21,23). The highest BCUT2D eigenvalue weighted by molar-refractivity contribution is 7.92. The molecule has 0 bridgehead atoms. The molecule has 0 radical (unpaired) electrons. The van der Waals surface area contributed by atoms with Gasteiger partial charge in [-0.15, -0.1) is 0 Å². The SMILES string of the molecule is COc1ccc(CCCNC(=O)CN(c2ccccc2Cl)S(C)(=O)=O)cc1. The summed E-state index contributed by atoms with van der Waals surface area (Å²) in [6, 6.07) is 14.3. The van der Waals surface area contributed by atoms with Crippen LogP contribution in [0.4, 0.5) is 5.69 Å². The summed E-state index contributed by atoms with van der Waals surface area (Å²) in [5, 5.41) is 3.03. The van der Waals surface area contributed by atoms with Crippen LogP contribution in [0.3, 0.4) is 0 Å². The highest BCUT2D eigenvalue weighted by Crippen LogP contribution is 2.26. The van der Waals surface area contributed by atoms with Gasteiger partial charge in [0.2, 0.25) is 15.9 Å². The Labute approximate surface area is 165 Å². The predicted molar refractivity (Wildman–Crippen MR) is 108 cm³/mol. The number of methoxy groups -OCH3 is 1. The first-order valence-corrected chi connectivity index (χ1v) is 10.7. The van der Waals surface area contributed by atoms with Gasteiger partial charge in [-0.05, 0) is 42.7 Å². The average Bonchev–Trinajstić information content (AvgIpc) is 2.63. The van der Waals surface area contributed by atoms with E-state index in [0.29, 0.717) is 6.54 Å².